The van der Waals surface area contributed by atoms with E-state index >= 15 is 0 Å². The second-order valence-corrected chi connectivity index (χ2v) is 4.74. The summed E-state index contributed by atoms with van der Waals surface area (Å²) in [6, 6.07) is 0.663. The number of aromatic nitrogens is 3. The van der Waals surface area contributed by atoms with Gasteiger partial charge in [0.05, 0.1) is 6.54 Å². The van der Waals surface area contributed by atoms with Crippen LogP contribution in [0.15, 0.2) is 6.33 Å². The summed E-state index contributed by atoms with van der Waals surface area (Å²) in [4.78, 5) is 4.29. The lowest BCUT2D eigenvalue weighted by atomic mass is 9.86. The van der Waals surface area contributed by atoms with Crippen molar-refractivity contribution in [2.75, 3.05) is 0 Å². The lowest BCUT2D eigenvalue weighted by molar-refractivity contribution is 0.276. The van der Waals surface area contributed by atoms with E-state index in [9.17, 15) is 0 Å². The van der Waals surface area contributed by atoms with E-state index in [4.69, 9.17) is 0 Å². The first-order valence-electron chi connectivity index (χ1n) is 6.41. The zero-order valence-corrected chi connectivity index (χ0v) is 10.3. The van der Waals surface area contributed by atoms with Crippen molar-refractivity contribution in [2.24, 2.45) is 5.92 Å². The Hall–Kier alpha value is -0.900. The van der Waals surface area contributed by atoms with E-state index in [1.807, 2.05) is 4.68 Å². The Morgan fingerprint density at radius 1 is 1.44 bits per heavy atom. The van der Waals surface area contributed by atoms with Crippen LogP contribution in [-0.4, -0.2) is 20.8 Å². The van der Waals surface area contributed by atoms with Gasteiger partial charge in [-0.15, -0.1) is 0 Å². The summed E-state index contributed by atoms with van der Waals surface area (Å²) in [5.74, 6) is 1.85. The van der Waals surface area contributed by atoms with Crippen molar-refractivity contribution in [2.45, 2.75) is 58.7 Å². The van der Waals surface area contributed by atoms with E-state index in [-0.39, 0.29) is 0 Å². The van der Waals surface area contributed by atoms with Crippen molar-refractivity contribution >= 4 is 0 Å². The predicted molar refractivity (Wildman–Crippen MR) is 64.0 cm³/mol. The highest BCUT2D eigenvalue weighted by atomic mass is 15.3. The van der Waals surface area contributed by atoms with E-state index in [2.05, 4.69) is 29.2 Å². The molecule has 1 aliphatic carbocycles. The maximum Gasteiger partial charge on any atom is 0.140 e. The zero-order chi connectivity index (χ0) is 11.4. The molecule has 0 aliphatic heterocycles. The summed E-state index contributed by atoms with van der Waals surface area (Å²) in [7, 11) is 0. The Morgan fingerprint density at radius 2 is 2.25 bits per heavy atom. The van der Waals surface area contributed by atoms with Gasteiger partial charge in [0.1, 0.15) is 12.2 Å². The normalized spacial score (nSPS) is 25.9. The highest BCUT2D eigenvalue weighted by Crippen LogP contribution is 2.23. The molecule has 1 saturated carbocycles. The molecule has 0 amide bonds. The summed E-state index contributed by atoms with van der Waals surface area (Å²) in [5, 5.41) is 7.81. The number of rotatable bonds is 4. The molecule has 1 aliphatic rings. The quantitative estimate of drug-likeness (QED) is 0.847. The fraction of sp³-hybridized carbons (Fsp3) is 0.833. The van der Waals surface area contributed by atoms with Gasteiger partial charge >= 0.3 is 0 Å². The van der Waals surface area contributed by atoms with Crippen LogP contribution in [0.5, 0.6) is 0 Å². The third-order valence-electron chi connectivity index (χ3n) is 3.63. The summed E-state index contributed by atoms with van der Waals surface area (Å²) in [6.07, 6.45) is 7.07. The maximum absolute atomic E-state index is 4.29. The molecule has 0 bridgehead atoms. The van der Waals surface area contributed by atoms with Gasteiger partial charge in [0.2, 0.25) is 0 Å². The van der Waals surface area contributed by atoms with Gasteiger partial charge < -0.3 is 5.32 Å². The van der Waals surface area contributed by atoms with E-state index < -0.39 is 0 Å². The Labute approximate surface area is 97.5 Å². The van der Waals surface area contributed by atoms with Crippen LogP contribution in [0.4, 0.5) is 0 Å². The van der Waals surface area contributed by atoms with Gasteiger partial charge in [-0.1, -0.05) is 19.8 Å². The van der Waals surface area contributed by atoms with E-state index in [1.54, 1.807) is 6.33 Å². The minimum atomic E-state index is 0.663. The van der Waals surface area contributed by atoms with Gasteiger partial charge in [-0.3, -0.25) is 0 Å². The molecule has 16 heavy (non-hydrogen) atoms. The SMILES string of the molecule is CCn1ncnc1CNC1CCCCC1C. The zero-order valence-electron chi connectivity index (χ0n) is 10.3. The predicted octanol–water partition coefficient (Wildman–Crippen LogP) is 1.97. The fourth-order valence-corrected chi connectivity index (χ4v) is 2.53. The molecule has 2 atom stereocenters. The summed E-state index contributed by atoms with van der Waals surface area (Å²) in [6.45, 7) is 6.20. The Kier molecular flexibility index (Phi) is 3.93. The average Bonchev–Trinajstić information content (AvgIpc) is 2.75. The number of hydrogen-bond donors (Lipinski definition) is 1. The van der Waals surface area contributed by atoms with Crippen molar-refractivity contribution in [3.63, 3.8) is 0 Å². The molecule has 0 aromatic carbocycles. The van der Waals surface area contributed by atoms with Gasteiger partial charge in [-0.25, -0.2) is 9.67 Å². The first-order valence-corrected chi connectivity index (χ1v) is 6.41. The van der Waals surface area contributed by atoms with Crippen LogP contribution < -0.4 is 5.32 Å². The fourth-order valence-electron chi connectivity index (χ4n) is 2.53. The van der Waals surface area contributed by atoms with Gasteiger partial charge in [0, 0.05) is 12.6 Å². The molecule has 0 radical (unpaired) electrons. The Morgan fingerprint density at radius 3 is 3.00 bits per heavy atom. The van der Waals surface area contributed by atoms with Crippen molar-refractivity contribution < 1.29 is 0 Å². The monoisotopic (exact) mass is 222 g/mol. The molecule has 0 saturated heterocycles. The average molecular weight is 222 g/mol. The number of aryl methyl sites for hydroxylation is 1. The Bertz CT molecular complexity index is 321. The standard InChI is InChI=1S/C12H22N4/c1-3-16-12(14-9-15-16)8-13-11-7-5-4-6-10(11)2/h9-11,13H,3-8H2,1-2H3. The molecule has 1 aromatic heterocycles. The van der Waals surface area contributed by atoms with Crippen LogP contribution in [0.1, 0.15) is 45.4 Å². The first kappa shape index (κ1) is 11.6. The van der Waals surface area contributed by atoms with Crippen LogP contribution in [0.3, 0.4) is 0 Å². The first-order chi connectivity index (χ1) is 7.81. The third-order valence-corrected chi connectivity index (χ3v) is 3.63. The smallest absolute Gasteiger partial charge is 0.140 e. The molecule has 4 heteroatoms. The molecule has 2 unspecified atom stereocenters. The molecular weight excluding hydrogens is 200 g/mol. The summed E-state index contributed by atoms with van der Waals surface area (Å²) in [5.41, 5.74) is 0. The van der Waals surface area contributed by atoms with Crippen LogP contribution in [0.2, 0.25) is 0 Å². The largest absolute Gasteiger partial charge is 0.307 e. The van der Waals surface area contributed by atoms with Crippen molar-refractivity contribution in [1.82, 2.24) is 20.1 Å². The van der Waals surface area contributed by atoms with Gasteiger partial charge in [-0.05, 0) is 25.7 Å². The lowest BCUT2D eigenvalue weighted by Crippen LogP contribution is -2.37. The second-order valence-electron chi connectivity index (χ2n) is 4.74. The Balaban J connectivity index is 1.86. The molecule has 1 aromatic rings. The summed E-state index contributed by atoms with van der Waals surface area (Å²) < 4.78 is 1.96. The summed E-state index contributed by atoms with van der Waals surface area (Å²) >= 11 is 0. The maximum atomic E-state index is 4.29. The highest BCUT2D eigenvalue weighted by Gasteiger charge is 2.20. The molecule has 0 spiro atoms. The second kappa shape index (κ2) is 5.43. The molecule has 4 nitrogen and oxygen atoms in total. The minimum absolute atomic E-state index is 0.663. The molecule has 90 valence electrons. The topological polar surface area (TPSA) is 42.7 Å². The number of nitrogens with one attached hydrogen (secondary N) is 1. The van der Waals surface area contributed by atoms with Gasteiger partial charge in [0.25, 0.3) is 0 Å². The van der Waals surface area contributed by atoms with E-state index in [1.165, 1.54) is 25.7 Å². The molecule has 1 fully saturated rings. The minimum Gasteiger partial charge on any atom is -0.307 e. The lowest BCUT2D eigenvalue weighted by Gasteiger charge is -2.29. The molecule has 2 rings (SSSR count). The van der Waals surface area contributed by atoms with Crippen LogP contribution in [-0.2, 0) is 13.1 Å². The van der Waals surface area contributed by atoms with Crippen molar-refractivity contribution in [1.29, 1.82) is 0 Å². The number of hydrogen-bond acceptors (Lipinski definition) is 3. The van der Waals surface area contributed by atoms with Gasteiger partial charge in [0.15, 0.2) is 0 Å². The molecule has 1 N–H and O–H groups in total. The van der Waals surface area contributed by atoms with Crippen LogP contribution in [0, 0.1) is 5.92 Å². The molecule has 1 heterocycles. The van der Waals surface area contributed by atoms with Crippen molar-refractivity contribution in [3.05, 3.63) is 12.2 Å². The number of nitrogens with zero attached hydrogens (tertiary/aromatic N) is 3. The highest BCUT2D eigenvalue weighted by molar-refractivity contribution is 4.86. The van der Waals surface area contributed by atoms with Crippen molar-refractivity contribution in [3.8, 4) is 0 Å². The van der Waals surface area contributed by atoms with E-state index in [0.717, 1.165) is 24.8 Å². The van der Waals surface area contributed by atoms with Crippen LogP contribution >= 0.6 is 0 Å². The third kappa shape index (κ3) is 2.61. The van der Waals surface area contributed by atoms with Crippen LogP contribution in [0.25, 0.3) is 0 Å². The van der Waals surface area contributed by atoms with Gasteiger partial charge in [-0.2, -0.15) is 5.10 Å². The van der Waals surface area contributed by atoms with E-state index in [0.29, 0.717) is 6.04 Å². The molecular formula is C12H22N4.